The summed E-state index contributed by atoms with van der Waals surface area (Å²) < 4.78 is 0. The van der Waals surface area contributed by atoms with E-state index in [1.54, 1.807) is 25.1 Å². The highest BCUT2D eigenvalue weighted by Gasteiger charge is 2.31. The largest absolute Gasteiger partial charge is 0.333 e. The summed E-state index contributed by atoms with van der Waals surface area (Å²) in [6.07, 6.45) is 0. The van der Waals surface area contributed by atoms with E-state index in [2.05, 4.69) is 21.4 Å². The second-order valence-corrected chi connectivity index (χ2v) is 7.00. The molecule has 1 aromatic carbocycles. The van der Waals surface area contributed by atoms with Gasteiger partial charge in [-0.05, 0) is 31.9 Å². The van der Waals surface area contributed by atoms with Crippen molar-refractivity contribution < 1.29 is 9.69 Å². The van der Waals surface area contributed by atoms with Crippen LogP contribution in [-0.2, 0) is 11.3 Å². The fourth-order valence-corrected chi connectivity index (χ4v) is 2.63. The number of H-pyrrole nitrogens is 1. The Balaban J connectivity index is 2.11. The molecule has 0 saturated heterocycles. The number of nitrogens with one attached hydrogen (secondary N) is 3. The average Bonchev–Trinajstić information content (AvgIpc) is 2.60. The molecule has 0 aliphatic carbocycles. The SMILES string of the molecule is CC[NH+](CC(=O)N[C@](C)(C#N)C(C)C)Cc1nc2ccccc2c(=O)[nH]1. The van der Waals surface area contributed by atoms with Gasteiger partial charge in [0.1, 0.15) is 12.1 Å². The van der Waals surface area contributed by atoms with Crippen LogP contribution >= 0.6 is 0 Å². The number of fused-ring (bicyclic) bond motifs is 1. The molecule has 0 aliphatic heterocycles. The highest BCUT2D eigenvalue weighted by Crippen LogP contribution is 2.14. The molecule has 0 spiro atoms. The second-order valence-electron chi connectivity index (χ2n) is 7.00. The standard InChI is InChI=1S/C19H25N5O2/c1-5-24(11-17(25)23-19(4,12-20)13(2)3)10-16-21-15-9-7-6-8-14(15)18(26)22-16/h6-9,13H,5,10-11H2,1-4H3,(H,23,25)(H,21,22,26)/p+1/t19-/m1/s1. The minimum atomic E-state index is -0.897. The summed E-state index contributed by atoms with van der Waals surface area (Å²) in [7, 11) is 0. The molecule has 1 aromatic heterocycles. The van der Waals surface area contributed by atoms with E-state index in [1.165, 1.54) is 0 Å². The van der Waals surface area contributed by atoms with Crippen LogP contribution in [0.5, 0.6) is 0 Å². The van der Waals surface area contributed by atoms with Gasteiger partial charge in [0.15, 0.2) is 12.4 Å². The maximum Gasteiger partial charge on any atom is 0.276 e. The molecule has 0 radical (unpaired) electrons. The zero-order valence-electron chi connectivity index (χ0n) is 15.7. The number of aromatic nitrogens is 2. The first-order chi connectivity index (χ1) is 12.3. The number of carbonyl (C=O) groups excluding carboxylic acids is 1. The lowest BCUT2D eigenvalue weighted by atomic mass is 9.90. The number of hydrogen-bond donors (Lipinski definition) is 3. The molecule has 26 heavy (non-hydrogen) atoms. The topological polar surface area (TPSA) is 103 Å². The molecule has 2 atom stereocenters. The number of nitriles is 1. The van der Waals surface area contributed by atoms with Crippen LogP contribution in [0, 0.1) is 17.2 Å². The van der Waals surface area contributed by atoms with Crippen LogP contribution in [0.3, 0.4) is 0 Å². The van der Waals surface area contributed by atoms with E-state index in [0.29, 0.717) is 29.8 Å². The molecule has 2 aromatic rings. The number of aromatic amines is 1. The van der Waals surface area contributed by atoms with E-state index in [4.69, 9.17) is 0 Å². The van der Waals surface area contributed by atoms with Gasteiger partial charge in [-0.3, -0.25) is 9.59 Å². The maximum absolute atomic E-state index is 12.4. The summed E-state index contributed by atoms with van der Waals surface area (Å²) in [5.74, 6) is 0.355. The molecule has 7 heteroatoms. The Morgan fingerprint density at radius 1 is 1.42 bits per heavy atom. The van der Waals surface area contributed by atoms with Crippen molar-refractivity contribution in [2.24, 2.45) is 5.92 Å². The van der Waals surface area contributed by atoms with Gasteiger partial charge in [-0.2, -0.15) is 5.26 Å². The first-order valence-corrected chi connectivity index (χ1v) is 8.82. The van der Waals surface area contributed by atoms with Gasteiger partial charge in [-0.25, -0.2) is 4.98 Å². The van der Waals surface area contributed by atoms with E-state index in [0.717, 1.165) is 4.90 Å². The predicted molar refractivity (Wildman–Crippen MR) is 99.4 cm³/mol. The molecule has 0 saturated carbocycles. The van der Waals surface area contributed by atoms with E-state index >= 15 is 0 Å². The van der Waals surface area contributed by atoms with E-state index in [-0.39, 0.29) is 23.9 Å². The molecule has 138 valence electrons. The lowest BCUT2D eigenvalue weighted by molar-refractivity contribution is -0.904. The molecule has 1 heterocycles. The van der Waals surface area contributed by atoms with Gasteiger partial charge in [0.05, 0.1) is 23.5 Å². The van der Waals surface area contributed by atoms with Crippen LogP contribution in [0.2, 0.25) is 0 Å². The number of likely N-dealkylation sites (N-methyl/N-ethyl adjacent to an activating group) is 1. The molecular formula is C19H26N5O2+. The van der Waals surface area contributed by atoms with Crippen molar-refractivity contribution in [3.63, 3.8) is 0 Å². The van der Waals surface area contributed by atoms with Crippen molar-refractivity contribution in [1.82, 2.24) is 15.3 Å². The molecular weight excluding hydrogens is 330 g/mol. The van der Waals surface area contributed by atoms with Crippen molar-refractivity contribution in [2.45, 2.75) is 39.8 Å². The number of hydrogen-bond acceptors (Lipinski definition) is 4. The Bertz CT molecular complexity index is 883. The number of nitrogens with zero attached hydrogens (tertiary/aromatic N) is 2. The molecule has 3 N–H and O–H groups in total. The summed E-state index contributed by atoms with van der Waals surface area (Å²) in [4.78, 5) is 32.8. The van der Waals surface area contributed by atoms with Crippen LogP contribution in [0.15, 0.2) is 29.1 Å². The lowest BCUT2D eigenvalue weighted by Crippen LogP contribution is -3.11. The first kappa shape index (κ1) is 19.6. The van der Waals surface area contributed by atoms with E-state index in [9.17, 15) is 14.9 Å². The minimum absolute atomic E-state index is 0.0000331. The molecule has 7 nitrogen and oxygen atoms in total. The second kappa shape index (κ2) is 8.11. The fraction of sp³-hybridized carbons (Fsp3) is 0.474. The number of benzene rings is 1. The fourth-order valence-electron chi connectivity index (χ4n) is 2.63. The van der Waals surface area contributed by atoms with Crippen molar-refractivity contribution in [3.05, 3.63) is 40.4 Å². The van der Waals surface area contributed by atoms with Crippen LogP contribution in [-0.4, -0.2) is 34.5 Å². The number of para-hydroxylation sites is 1. The average molecular weight is 356 g/mol. The van der Waals surface area contributed by atoms with Crippen LogP contribution in [0.1, 0.15) is 33.5 Å². The highest BCUT2D eigenvalue weighted by molar-refractivity contribution is 5.78. The van der Waals surface area contributed by atoms with Gasteiger partial charge < -0.3 is 15.2 Å². The summed E-state index contributed by atoms with van der Waals surface area (Å²) in [6, 6.07) is 9.35. The quantitative estimate of drug-likeness (QED) is 0.667. The van der Waals surface area contributed by atoms with Crippen LogP contribution in [0.4, 0.5) is 0 Å². The number of quaternary nitrogens is 1. The summed E-state index contributed by atoms with van der Waals surface area (Å²) in [6.45, 7) is 8.81. The highest BCUT2D eigenvalue weighted by atomic mass is 16.2. The third-order valence-corrected chi connectivity index (χ3v) is 4.78. The molecule has 2 rings (SSSR count). The first-order valence-electron chi connectivity index (χ1n) is 8.82. The Labute approximate surface area is 153 Å². The molecule has 1 amide bonds. The Morgan fingerprint density at radius 3 is 2.73 bits per heavy atom. The normalized spacial score (nSPS) is 14.6. The van der Waals surface area contributed by atoms with Gasteiger partial charge in [-0.1, -0.05) is 26.0 Å². The number of carbonyl (C=O) groups is 1. The zero-order valence-corrected chi connectivity index (χ0v) is 15.7. The van der Waals surface area contributed by atoms with Crippen molar-refractivity contribution in [3.8, 4) is 6.07 Å². The smallest absolute Gasteiger partial charge is 0.276 e. The van der Waals surface area contributed by atoms with Crippen molar-refractivity contribution >= 4 is 16.8 Å². The Kier molecular flexibility index (Phi) is 6.11. The molecule has 1 unspecified atom stereocenters. The summed E-state index contributed by atoms with van der Waals surface area (Å²) in [5, 5.41) is 12.7. The molecule has 0 bridgehead atoms. The van der Waals surface area contributed by atoms with Gasteiger partial charge in [0, 0.05) is 0 Å². The molecule has 0 fully saturated rings. The number of rotatable bonds is 7. The third-order valence-electron chi connectivity index (χ3n) is 4.78. The van der Waals surface area contributed by atoms with Crippen LogP contribution in [0.25, 0.3) is 10.9 Å². The number of amides is 1. The van der Waals surface area contributed by atoms with Gasteiger partial charge in [0.2, 0.25) is 0 Å². The van der Waals surface area contributed by atoms with Gasteiger partial charge in [-0.15, -0.1) is 0 Å². The maximum atomic E-state index is 12.4. The molecule has 0 aliphatic rings. The zero-order chi connectivity index (χ0) is 19.3. The predicted octanol–water partition coefficient (Wildman–Crippen LogP) is 0.382. The van der Waals surface area contributed by atoms with Crippen molar-refractivity contribution in [1.29, 1.82) is 5.26 Å². The van der Waals surface area contributed by atoms with E-state index in [1.807, 2.05) is 26.8 Å². The van der Waals surface area contributed by atoms with Crippen LogP contribution < -0.4 is 15.8 Å². The lowest BCUT2D eigenvalue weighted by Gasteiger charge is -2.28. The summed E-state index contributed by atoms with van der Waals surface area (Å²) >= 11 is 0. The van der Waals surface area contributed by atoms with Gasteiger partial charge in [0.25, 0.3) is 11.5 Å². The summed E-state index contributed by atoms with van der Waals surface area (Å²) in [5.41, 5.74) is -0.434. The Hall–Kier alpha value is -2.72. The minimum Gasteiger partial charge on any atom is -0.333 e. The monoisotopic (exact) mass is 356 g/mol. The Morgan fingerprint density at radius 2 is 2.12 bits per heavy atom. The van der Waals surface area contributed by atoms with Crippen molar-refractivity contribution in [2.75, 3.05) is 13.1 Å². The van der Waals surface area contributed by atoms with Gasteiger partial charge >= 0.3 is 0 Å². The third kappa shape index (κ3) is 4.46. The van der Waals surface area contributed by atoms with E-state index < -0.39 is 5.54 Å².